The van der Waals surface area contributed by atoms with Crippen LogP contribution in [0.2, 0.25) is 0 Å². The maximum atomic E-state index is 11.2. The topological polar surface area (TPSA) is 32.3 Å². The van der Waals surface area contributed by atoms with E-state index in [1.807, 2.05) is 13.8 Å². The summed E-state index contributed by atoms with van der Waals surface area (Å²) >= 11 is 4.95. The Balaban J connectivity index is 2.68. The molecule has 0 aliphatic carbocycles. The molecule has 11 heavy (non-hydrogen) atoms. The normalized spacial score (nSPS) is 20.4. The van der Waals surface area contributed by atoms with Gasteiger partial charge in [-0.15, -0.1) is 0 Å². The Hall–Kier alpha value is -0.640. The lowest BCUT2D eigenvalue weighted by Gasteiger charge is -2.21. The van der Waals surface area contributed by atoms with E-state index >= 15 is 0 Å². The van der Waals surface area contributed by atoms with Crippen LogP contribution in [0.25, 0.3) is 0 Å². The van der Waals surface area contributed by atoms with Crippen molar-refractivity contribution in [2.24, 2.45) is 0 Å². The molecule has 0 spiro atoms. The summed E-state index contributed by atoms with van der Waals surface area (Å²) in [5.74, 6) is 0.0874. The largest absolute Gasteiger partial charge is 0.353 e. The Morgan fingerprint density at radius 3 is 2.82 bits per heavy atom. The van der Waals surface area contributed by atoms with Crippen LogP contribution in [0.3, 0.4) is 0 Å². The fourth-order valence-electron chi connectivity index (χ4n) is 1.06. The van der Waals surface area contributed by atoms with Crippen LogP contribution in [0.1, 0.15) is 20.3 Å². The number of amides is 1. The molecule has 1 heterocycles. The standard InChI is InChI=1S/C7H12N2OS/c1-3-5(2)9-6(10)4-8-7(9)11/h5H,3-4H2,1-2H3,(H,8,11). The molecule has 0 saturated carbocycles. The highest BCUT2D eigenvalue weighted by Gasteiger charge is 2.28. The van der Waals surface area contributed by atoms with Crippen LogP contribution in [0.5, 0.6) is 0 Å². The molecule has 0 aromatic rings. The van der Waals surface area contributed by atoms with Crippen molar-refractivity contribution >= 4 is 23.2 Å². The summed E-state index contributed by atoms with van der Waals surface area (Å²) in [6.07, 6.45) is 0.938. The lowest BCUT2D eigenvalue weighted by molar-refractivity contribution is -0.125. The Morgan fingerprint density at radius 1 is 1.82 bits per heavy atom. The molecule has 0 bridgehead atoms. The number of nitrogens with zero attached hydrogens (tertiary/aromatic N) is 1. The van der Waals surface area contributed by atoms with Crippen molar-refractivity contribution in [3.63, 3.8) is 0 Å². The van der Waals surface area contributed by atoms with Gasteiger partial charge in [-0.2, -0.15) is 0 Å². The summed E-state index contributed by atoms with van der Waals surface area (Å²) < 4.78 is 0. The Morgan fingerprint density at radius 2 is 2.45 bits per heavy atom. The lowest BCUT2D eigenvalue weighted by Crippen LogP contribution is -2.38. The van der Waals surface area contributed by atoms with Gasteiger partial charge in [0.25, 0.3) is 0 Å². The summed E-state index contributed by atoms with van der Waals surface area (Å²) in [5, 5.41) is 3.42. The number of hydrogen-bond donors (Lipinski definition) is 1. The van der Waals surface area contributed by atoms with Gasteiger partial charge in [-0.3, -0.25) is 9.69 Å². The van der Waals surface area contributed by atoms with Crippen molar-refractivity contribution in [2.75, 3.05) is 6.54 Å². The van der Waals surface area contributed by atoms with Crippen LogP contribution in [0.4, 0.5) is 0 Å². The number of carbonyl (C=O) groups excluding carboxylic acids is 1. The molecule has 0 aromatic heterocycles. The second-order valence-electron chi connectivity index (χ2n) is 2.68. The van der Waals surface area contributed by atoms with Crippen molar-refractivity contribution in [3.05, 3.63) is 0 Å². The van der Waals surface area contributed by atoms with Gasteiger partial charge in [0.2, 0.25) is 5.91 Å². The Labute approximate surface area is 71.8 Å². The van der Waals surface area contributed by atoms with Gasteiger partial charge in [0.05, 0.1) is 6.54 Å². The Bertz CT molecular complexity index is 177. The first kappa shape index (κ1) is 8.46. The summed E-state index contributed by atoms with van der Waals surface area (Å²) in [4.78, 5) is 12.8. The molecule has 0 radical (unpaired) electrons. The van der Waals surface area contributed by atoms with Gasteiger partial charge in [0.15, 0.2) is 5.11 Å². The molecule has 3 nitrogen and oxygen atoms in total. The molecule has 1 unspecified atom stereocenters. The van der Waals surface area contributed by atoms with E-state index in [0.717, 1.165) is 6.42 Å². The first-order valence-corrected chi connectivity index (χ1v) is 4.17. The van der Waals surface area contributed by atoms with Crippen molar-refractivity contribution in [3.8, 4) is 0 Å². The van der Waals surface area contributed by atoms with Crippen molar-refractivity contribution < 1.29 is 4.79 Å². The molecule has 1 N–H and O–H groups in total. The number of hydrogen-bond acceptors (Lipinski definition) is 2. The third kappa shape index (κ3) is 1.50. The number of rotatable bonds is 2. The van der Waals surface area contributed by atoms with Gasteiger partial charge in [-0.25, -0.2) is 0 Å². The number of carbonyl (C=O) groups is 1. The molecule has 1 fully saturated rings. The highest BCUT2D eigenvalue weighted by molar-refractivity contribution is 7.80. The van der Waals surface area contributed by atoms with Crippen molar-refractivity contribution in [2.45, 2.75) is 26.3 Å². The first-order chi connectivity index (χ1) is 5.16. The minimum Gasteiger partial charge on any atom is -0.353 e. The summed E-state index contributed by atoms with van der Waals surface area (Å²) in [6.45, 7) is 4.40. The van der Waals surface area contributed by atoms with Crippen molar-refractivity contribution in [1.82, 2.24) is 10.2 Å². The van der Waals surface area contributed by atoms with E-state index in [0.29, 0.717) is 11.7 Å². The predicted octanol–water partition coefficient (Wildman–Crippen LogP) is 0.502. The number of nitrogens with one attached hydrogen (secondary N) is 1. The molecule has 62 valence electrons. The van der Waals surface area contributed by atoms with E-state index in [-0.39, 0.29) is 11.9 Å². The quantitative estimate of drug-likeness (QED) is 0.616. The molecule has 1 amide bonds. The fourth-order valence-corrected chi connectivity index (χ4v) is 1.42. The molecule has 1 atom stereocenters. The average Bonchev–Trinajstić information content (AvgIpc) is 2.30. The molecule has 1 aliphatic heterocycles. The van der Waals surface area contributed by atoms with Crippen LogP contribution < -0.4 is 5.32 Å². The second-order valence-corrected chi connectivity index (χ2v) is 3.07. The van der Waals surface area contributed by atoms with E-state index < -0.39 is 0 Å². The van der Waals surface area contributed by atoms with Crippen LogP contribution in [-0.2, 0) is 4.79 Å². The summed E-state index contributed by atoms with van der Waals surface area (Å²) in [6, 6.07) is 0.227. The molecule has 1 aliphatic rings. The van der Waals surface area contributed by atoms with E-state index in [1.54, 1.807) is 4.90 Å². The minimum atomic E-state index is 0.0874. The van der Waals surface area contributed by atoms with Gasteiger partial charge >= 0.3 is 0 Å². The van der Waals surface area contributed by atoms with Crippen LogP contribution in [-0.4, -0.2) is 28.5 Å². The van der Waals surface area contributed by atoms with Crippen LogP contribution >= 0.6 is 12.2 Å². The smallest absolute Gasteiger partial charge is 0.248 e. The minimum absolute atomic E-state index is 0.0874. The molecule has 0 aromatic carbocycles. The molecule has 1 rings (SSSR count). The summed E-state index contributed by atoms with van der Waals surface area (Å²) in [5.41, 5.74) is 0. The monoisotopic (exact) mass is 172 g/mol. The maximum absolute atomic E-state index is 11.2. The van der Waals surface area contributed by atoms with Gasteiger partial charge < -0.3 is 5.32 Å². The van der Waals surface area contributed by atoms with Crippen LogP contribution in [0.15, 0.2) is 0 Å². The second kappa shape index (κ2) is 3.17. The SMILES string of the molecule is CCC(C)N1C(=O)CNC1=S. The Kier molecular flexibility index (Phi) is 2.44. The fraction of sp³-hybridized carbons (Fsp3) is 0.714. The number of thiocarbonyl (C=S) groups is 1. The van der Waals surface area contributed by atoms with Gasteiger partial charge in [0.1, 0.15) is 0 Å². The van der Waals surface area contributed by atoms with Gasteiger partial charge in [-0.1, -0.05) is 6.92 Å². The zero-order valence-corrected chi connectivity index (χ0v) is 7.57. The molecule has 4 heteroatoms. The van der Waals surface area contributed by atoms with E-state index in [9.17, 15) is 4.79 Å². The highest BCUT2D eigenvalue weighted by atomic mass is 32.1. The zero-order valence-electron chi connectivity index (χ0n) is 6.76. The van der Waals surface area contributed by atoms with E-state index in [2.05, 4.69) is 5.32 Å². The third-order valence-electron chi connectivity index (χ3n) is 1.91. The average molecular weight is 172 g/mol. The van der Waals surface area contributed by atoms with E-state index in [4.69, 9.17) is 12.2 Å². The molecule has 1 saturated heterocycles. The zero-order chi connectivity index (χ0) is 8.43. The maximum Gasteiger partial charge on any atom is 0.248 e. The molecular formula is C7H12N2OS. The van der Waals surface area contributed by atoms with E-state index in [1.165, 1.54) is 0 Å². The first-order valence-electron chi connectivity index (χ1n) is 3.76. The summed E-state index contributed by atoms with van der Waals surface area (Å²) in [7, 11) is 0. The van der Waals surface area contributed by atoms with Crippen molar-refractivity contribution in [1.29, 1.82) is 0 Å². The van der Waals surface area contributed by atoms with Gasteiger partial charge in [0, 0.05) is 6.04 Å². The van der Waals surface area contributed by atoms with Gasteiger partial charge in [-0.05, 0) is 25.6 Å². The predicted molar refractivity (Wildman–Crippen MR) is 47.2 cm³/mol. The highest BCUT2D eigenvalue weighted by Crippen LogP contribution is 2.08. The molecular weight excluding hydrogens is 160 g/mol. The third-order valence-corrected chi connectivity index (χ3v) is 2.25. The lowest BCUT2D eigenvalue weighted by atomic mass is 10.2. The van der Waals surface area contributed by atoms with Crippen LogP contribution in [0, 0.1) is 0 Å².